The quantitative estimate of drug-likeness (QED) is 0.750. The number of nitrogens with one attached hydrogen (secondary N) is 1. The molecule has 0 saturated carbocycles. The minimum atomic E-state index is -3.51. The smallest absolute Gasteiger partial charge is 0.253 e. The van der Waals surface area contributed by atoms with Gasteiger partial charge >= 0.3 is 0 Å². The van der Waals surface area contributed by atoms with Crippen LogP contribution in [0.2, 0.25) is 0 Å². The molecule has 1 saturated heterocycles. The Morgan fingerprint density at radius 3 is 2.35 bits per heavy atom. The summed E-state index contributed by atoms with van der Waals surface area (Å²) in [5, 5.41) is 3.23. The summed E-state index contributed by atoms with van der Waals surface area (Å²) in [7, 11) is -1.59. The average Bonchev–Trinajstić information content (AvgIpc) is 2.67. The molecule has 1 heterocycles. The van der Waals surface area contributed by atoms with Gasteiger partial charge in [-0.2, -0.15) is 4.31 Å². The van der Waals surface area contributed by atoms with Crippen LogP contribution in [-0.4, -0.2) is 62.8 Å². The fourth-order valence-corrected chi connectivity index (χ4v) is 4.97. The first-order valence-corrected chi connectivity index (χ1v) is 10.9. The third-order valence-electron chi connectivity index (χ3n) is 4.80. The minimum Gasteiger partial charge on any atom is -0.337 e. The number of rotatable bonds is 8. The first kappa shape index (κ1) is 20.9. The molecule has 26 heavy (non-hydrogen) atoms. The predicted molar refractivity (Wildman–Crippen MR) is 104 cm³/mol. The molecular formula is C19H31N3O3S. The topological polar surface area (TPSA) is 69.7 Å². The maximum atomic E-state index is 12.8. The zero-order valence-corrected chi connectivity index (χ0v) is 16.9. The van der Waals surface area contributed by atoms with Crippen LogP contribution in [0.3, 0.4) is 0 Å². The Morgan fingerprint density at radius 2 is 1.81 bits per heavy atom. The second-order valence-electron chi connectivity index (χ2n) is 6.81. The Hall–Kier alpha value is -1.44. The Labute approximate surface area is 157 Å². The van der Waals surface area contributed by atoms with Crippen LogP contribution in [0.25, 0.3) is 0 Å². The van der Waals surface area contributed by atoms with Crippen molar-refractivity contribution in [3.05, 3.63) is 29.8 Å². The highest BCUT2D eigenvalue weighted by molar-refractivity contribution is 7.89. The van der Waals surface area contributed by atoms with Gasteiger partial charge in [0.25, 0.3) is 5.91 Å². The number of amides is 1. The van der Waals surface area contributed by atoms with Crippen molar-refractivity contribution in [3.63, 3.8) is 0 Å². The van der Waals surface area contributed by atoms with E-state index >= 15 is 0 Å². The number of hydrogen-bond acceptors (Lipinski definition) is 4. The zero-order chi connectivity index (χ0) is 19.2. The van der Waals surface area contributed by atoms with E-state index in [-0.39, 0.29) is 10.8 Å². The number of nitrogens with zero attached hydrogens (tertiary/aromatic N) is 2. The first-order chi connectivity index (χ1) is 12.4. The van der Waals surface area contributed by atoms with E-state index in [9.17, 15) is 13.2 Å². The van der Waals surface area contributed by atoms with E-state index in [0.29, 0.717) is 31.2 Å². The molecule has 0 aliphatic carbocycles. The molecule has 1 aliphatic rings. The van der Waals surface area contributed by atoms with E-state index in [2.05, 4.69) is 5.32 Å². The summed E-state index contributed by atoms with van der Waals surface area (Å²) in [6, 6.07) is 6.70. The third kappa shape index (κ3) is 4.84. The molecule has 0 spiro atoms. The van der Waals surface area contributed by atoms with Crippen LogP contribution >= 0.6 is 0 Å². The molecular weight excluding hydrogens is 350 g/mol. The van der Waals surface area contributed by atoms with Crippen molar-refractivity contribution in [1.82, 2.24) is 14.5 Å². The lowest BCUT2D eigenvalue weighted by atomic mass is 10.0. The van der Waals surface area contributed by atoms with Crippen LogP contribution in [-0.2, 0) is 10.0 Å². The molecule has 1 aromatic carbocycles. The molecule has 1 aromatic rings. The lowest BCUT2D eigenvalue weighted by Gasteiger charge is -2.32. The molecule has 0 radical (unpaired) electrons. The molecule has 1 atom stereocenters. The van der Waals surface area contributed by atoms with E-state index in [0.717, 1.165) is 32.2 Å². The summed E-state index contributed by atoms with van der Waals surface area (Å²) < 4.78 is 27.1. The summed E-state index contributed by atoms with van der Waals surface area (Å²) in [5.74, 6) is -0.0344. The molecule has 0 bridgehead atoms. The van der Waals surface area contributed by atoms with Gasteiger partial charge in [0.1, 0.15) is 0 Å². The van der Waals surface area contributed by atoms with Crippen molar-refractivity contribution in [3.8, 4) is 0 Å². The Balaban J connectivity index is 2.15. The fourth-order valence-electron chi connectivity index (χ4n) is 3.35. The minimum absolute atomic E-state index is 0.0344. The van der Waals surface area contributed by atoms with Crippen LogP contribution < -0.4 is 5.32 Å². The predicted octanol–water partition coefficient (Wildman–Crippen LogP) is 2.32. The monoisotopic (exact) mass is 381 g/mol. The lowest BCUT2D eigenvalue weighted by molar-refractivity contribution is 0.0698. The van der Waals surface area contributed by atoms with Crippen molar-refractivity contribution < 1.29 is 13.2 Å². The Bertz CT molecular complexity index is 682. The van der Waals surface area contributed by atoms with Crippen molar-refractivity contribution in [2.75, 3.05) is 33.2 Å². The number of likely N-dealkylation sites (N-methyl/N-ethyl adjacent to an activating group) is 1. The molecule has 0 aromatic heterocycles. The summed E-state index contributed by atoms with van der Waals surface area (Å²) >= 11 is 0. The van der Waals surface area contributed by atoms with Gasteiger partial charge in [-0.3, -0.25) is 4.79 Å². The van der Waals surface area contributed by atoms with Gasteiger partial charge in [-0.1, -0.05) is 13.8 Å². The van der Waals surface area contributed by atoms with Gasteiger partial charge in [0.15, 0.2) is 0 Å². The van der Waals surface area contributed by atoms with Crippen LogP contribution in [0.1, 0.15) is 49.9 Å². The molecule has 7 heteroatoms. The standard InChI is InChI=1S/C19H31N3O3S/c1-4-12-22(13-5-2)26(24,25)18-10-8-16(9-11-18)19(23)21-14-6-7-17(15-21)20-3/h8-11,17,20H,4-7,12-15H2,1-3H3. The number of hydrogen-bond donors (Lipinski definition) is 1. The average molecular weight is 382 g/mol. The molecule has 2 rings (SSSR count). The highest BCUT2D eigenvalue weighted by Gasteiger charge is 2.26. The molecule has 1 aliphatic heterocycles. The van der Waals surface area contributed by atoms with Gasteiger partial charge in [0, 0.05) is 37.8 Å². The normalized spacial score (nSPS) is 18.3. The number of sulfonamides is 1. The van der Waals surface area contributed by atoms with Crippen molar-refractivity contribution in [2.45, 2.75) is 50.5 Å². The van der Waals surface area contributed by atoms with Gasteiger partial charge in [0.2, 0.25) is 10.0 Å². The van der Waals surface area contributed by atoms with Crippen LogP contribution in [0.4, 0.5) is 0 Å². The number of benzene rings is 1. The maximum Gasteiger partial charge on any atom is 0.253 e. The molecule has 1 fully saturated rings. The summed E-state index contributed by atoms with van der Waals surface area (Å²) in [6.07, 6.45) is 3.60. The fraction of sp³-hybridized carbons (Fsp3) is 0.632. The van der Waals surface area contributed by atoms with Gasteiger partial charge < -0.3 is 10.2 Å². The van der Waals surface area contributed by atoms with Gasteiger partial charge in [-0.25, -0.2) is 8.42 Å². The number of piperidine rings is 1. The third-order valence-corrected chi connectivity index (χ3v) is 6.71. The Kier molecular flexibility index (Phi) is 7.61. The van der Waals surface area contributed by atoms with Crippen molar-refractivity contribution >= 4 is 15.9 Å². The molecule has 146 valence electrons. The highest BCUT2D eigenvalue weighted by Crippen LogP contribution is 2.19. The lowest BCUT2D eigenvalue weighted by Crippen LogP contribution is -2.46. The van der Waals surface area contributed by atoms with E-state index in [1.165, 1.54) is 4.31 Å². The van der Waals surface area contributed by atoms with E-state index in [4.69, 9.17) is 0 Å². The summed E-state index contributed by atoms with van der Waals surface area (Å²) in [5.41, 5.74) is 0.540. The molecule has 6 nitrogen and oxygen atoms in total. The van der Waals surface area contributed by atoms with Gasteiger partial charge in [0.05, 0.1) is 4.90 Å². The SMILES string of the molecule is CCCN(CCC)S(=O)(=O)c1ccc(C(=O)N2CCCC(NC)C2)cc1. The number of carbonyl (C=O) groups excluding carboxylic acids is 1. The maximum absolute atomic E-state index is 12.8. The van der Waals surface area contributed by atoms with Crippen LogP contribution in [0.5, 0.6) is 0 Å². The summed E-state index contributed by atoms with van der Waals surface area (Å²) in [6.45, 7) is 6.40. The van der Waals surface area contributed by atoms with E-state index in [1.54, 1.807) is 24.3 Å². The Morgan fingerprint density at radius 1 is 1.19 bits per heavy atom. The van der Waals surface area contributed by atoms with Crippen LogP contribution in [0.15, 0.2) is 29.2 Å². The second kappa shape index (κ2) is 9.48. The van der Waals surface area contributed by atoms with Crippen LogP contribution in [0, 0.1) is 0 Å². The number of likely N-dealkylation sites (tertiary alicyclic amines) is 1. The van der Waals surface area contributed by atoms with Crippen molar-refractivity contribution in [2.24, 2.45) is 0 Å². The van der Waals surface area contributed by atoms with Crippen molar-refractivity contribution in [1.29, 1.82) is 0 Å². The highest BCUT2D eigenvalue weighted by atomic mass is 32.2. The first-order valence-electron chi connectivity index (χ1n) is 9.50. The summed E-state index contributed by atoms with van der Waals surface area (Å²) in [4.78, 5) is 14.8. The molecule has 1 N–H and O–H groups in total. The van der Waals surface area contributed by atoms with E-state index < -0.39 is 10.0 Å². The van der Waals surface area contributed by atoms with Gasteiger partial charge in [-0.05, 0) is 57.0 Å². The zero-order valence-electron chi connectivity index (χ0n) is 16.1. The van der Waals surface area contributed by atoms with Gasteiger partial charge in [-0.15, -0.1) is 0 Å². The molecule has 1 unspecified atom stereocenters. The second-order valence-corrected chi connectivity index (χ2v) is 8.75. The largest absolute Gasteiger partial charge is 0.337 e. The number of carbonyl (C=O) groups is 1. The molecule has 1 amide bonds. The van der Waals surface area contributed by atoms with E-state index in [1.807, 2.05) is 25.8 Å².